The molecule has 6 nitrogen and oxygen atoms in total. The summed E-state index contributed by atoms with van der Waals surface area (Å²) < 4.78 is 1.98. The molecule has 0 fully saturated rings. The summed E-state index contributed by atoms with van der Waals surface area (Å²) in [7, 11) is 4.16. The number of nitrogens with one attached hydrogen (secondary N) is 1. The maximum Gasteiger partial charge on any atom is 0.132 e. The van der Waals surface area contributed by atoms with Crippen LogP contribution in [-0.2, 0) is 0 Å². The maximum absolute atomic E-state index is 4.79. The van der Waals surface area contributed by atoms with E-state index in [1.165, 1.54) is 0 Å². The lowest BCUT2D eigenvalue weighted by Crippen LogP contribution is -2.21. The third-order valence-electron chi connectivity index (χ3n) is 4.25. The molecule has 2 aromatic heterocycles. The molecular weight excluding hydrogens is 300 g/mol. The molecule has 1 atom stereocenters. The van der Waals surface area contributed by atoms with E-state index in [1.54, 1.807) is 0 Å². The van der Waals surface area contributed by atoms with Gasteiger partial charge in [-0.2, -0.15) is 0 Å². The van der Waals surface area contributed by atoms with Crippen LogP contribution in [0.4, 0.5) is 0 Å². The molecular formula is C18H20N6. The van der Waals surface area contributed by atoms with Crippen molar-refractivity contribution in [1.82, 2.24) is 29.9 Å². The molecule has 0 saturated carbocycles. The largest absolute Gasteiger partial charge is 0.340 e. The molecule has 0 bridgehead atoms. The van der Waals surface area contributed by atoms with Crippen LogP contribution in [0.3, 0.4) is 0 Å². The van der Waals surface area contributed by atoms with E-state index < -0.39 is 0 Å². The Balaban J connectivity index is 1.81. The van der Waals surface area contributed by atoms with Crippen LogP contribution in [-0.4, -0.2) is 50.5 Å². The molecule has 0 aliphatic rings. The van der Waals surface area contributed by atoms with Crippen molar-refractivity contribution in [3.63, 3.8) is 0 Å². The van der Waals surface area contributed by atoms with Crippen LogP contribution in [0.1, 0.15) is 18.3 Å². The first-order valence-corrected chi connectivity index (χ1v) is 8.11. The fourth-order valence-corrected chi connectivity index (χ4v) is 3.00. The molecule has 6 heteroatoms. The van der Waals surface area contributed by atoms with Crippen LogP contribution in [0.15, 0.2) is 48.5 Å². The molecule has 2 heterocycles. The van der Waals surface area contributed by atoms with Crippen molar-refractivity contribution in [3.8, 4) is 0 Å². The van der Waals surface area contributed by atoms with Gasteiger partial charge in [0.15, 0.2) is 0 Å². The van der Waals surface area contributed by atoms with Crippen molar-refractivity contribution >= 4 is 22.1 Å². The number of H-pyrrole nitrogens is 1. The lowest BCUT2D eigenvalue weighted by Gasteiger charge is -2.18. The van der Waals surface area contributed by atoms with E-state index in [0.29, 0.717) is 0 Å². The summed E-state index contributed by atoms with van der Waals surface area (Å²) in [5.41, 5.74) is 3.96. The van der Waals surface area contributed by atoms with Crippen LogP contribution in [0, 0.1) is 0 Å². The number of hydrogen-bond acceptors (Lipinski definition) is 4. The van der Waals surface area contributed by atoms with Gasteiger partial charge in [-0.15, -0.1) is 5.10 Å². The zero-order valence-corrected chi connectivity index (χ0v) is 13.8. The van der Waals surface area contributed by atoms with Crippen LogP contribution in [0.2, 0.25) is 0 Å². The first-order valence-electron chi connectivity index (χ1n) is 8.11. The molecule has 2 aromatic carbocycles. The van der Waals surface area contributed by atoms with Crippen LogP contribution < -0.4 is 0 Å². The molecule has 1 N–H and O–H groups in total. The Morgan fingerprint density at radius 3 is 2.58 bits per heavy atom. The van der Waals surface area contributed by atoms with Gasteiger partial charge in [-0.25, -0.2) is 9.67 Å². The van der Waals surface area contributed by atoms with Gasteiger partial charge >= 0.3 is 0 Å². The lowest BCUT2D eigenvalue weighted by atomic mass is 10.2. The summed E-state index contributed by atoms with van der Waals surface area (Å²) in [5.74, 6) is 0.925. The average molecular weight is 320 g/mol. The zero-order valence-electron chi connectivity index (χ0n) is 13.8. The molecule has 4 rings (SSSR count). The summed E-state index contributed by atoms with van der Waals surface area (Å²) in [5, 5.41) is 8.71. The van der Waals surface area contributed by atoms with Gasteiger partial charge in [0.05, 0.1) is 16.6 Å². The number of fused-ring (bicyclic) bond motifs is 2. The fourth-order valence-electron chi connectivity index (χ4n) is 3.00. The Morgan fingerprint density at radius 2 is 1.79 bits per heavy atom. The molecule has 0 spiro atoms. The monoisotopic (exact) mass is 320 g/mol. The minimum Gasteiger partial charge on any atom is -0.340 e. The molecule has 0 saturated heterocycles. The SMILES string of the molecule is CN(C)CCC(c1nc2ccccc2[nH]1)n1nnc2ccccc21. The standard InChI is InChI=1S/C18H20N6/c1-23(2)12-11-17(18-19-13-7-3-4-8-14(13)20-18)24-16-10-6-5-9-15(16)21-22-24/h3-10,17H,11-12H2,1-2H3,(H,19,20). The van der Waals surface area contributed by atoms with E-state index in [2.05, 4.69) is 40.4 Å². The quantitative estimate of drug-likeness (QED) is 0.614. The van der Waals surface area contributed by atoms with Gasteiger partial charge in [0.2, 0.25) is 0 Å². The fraction of sp³-hybridized carbons (Fsp3) is 0.278. The molecule has 122 valence electrons. The van der Waals surface area contributed by atoms with Crippen LogP contribution in [0.5, 0.6) is 0 Å². The third-order valence-corrected chi connectivity index (χ3v) is 4.25. The van der Waals surface area contributed by atoms with Gasteiger partial charge in [0.25, 0.3) is 0 Å². The van der Waals surface area contributed by atoms with Gasteiger partial charge in [-0.3, -0.25) is 0 Å². The molecule has 0 amide bonds. The van der Waals surface area contributed by atoms with Gasteiger partial charge < -0.3 is 9.88 Å². The number of nitrogens with zero attached hydrogens (tertiary/aromatic N) is 5. The molecule has 1 unspecified atom stereocenters. The first kappa shape index (κ1) is 14.8. The van der Waals surface area contributed by atoms with E-state index in [0.717, 1.165) is 40.9 Å². The second-order valence-electron chi connectivity index (χ2n) is 6.27. The lowest BCUT2D eigenvalue weighted by molar-refractivity contribution is 0.353. The Kier molecular flexibility index (Phi) is 3.74. The Bertz CT molecular complexity index is 935. The summed E-state index contributed by atoms with van der Waals surface area (Å²) in [6.07, 6.45) is 0.903. The van der Waals surface area contributed by atoms with Gasteiger partial charge in [-0.05, 0) is 44.8 Å². The number of aromatic nitrogens is 5. The number of hydrogen-bond donors (Lipinski definition) is 1. The molecule has 24 heavy (non-hydrogen) atoms. The van der Waals surface area contributed by atoms with Crippen LogP contribution in [0.25, 0.3) is 22.1 Å². The van der Waals surface area contributed by atoms with E-state index in [9.17, 15) is 0 Å². The smallest absolute Gasteiger partial charge is 0.132 e. The number of aromatic amines is 1. The number of rotatable bonds is 5. The van der Waals surface area contributed by atoms with Crippen molar-refractivity contribution < 1.29 is 0 Å². The van der Waals surface area contributed by atoms with E-state index in [1.807, 2.05) is 47.1 Å². The molecule has 0 radical (unpaired) electrons. The van der Waals surface area contributed by atoms with E-state index in [4.69, 9.17) is 4.98 Å². The zero-order chi connectivity index (χ0) is 16.5. The number of benzene rings is 2. The summed E-state index contributed by atoms with van der Waals surface area (Å²) >= 11 is 0. The molecule has 0 aliphatic heterocycles. The van der Waals surface area contributed by atoms with Crippen molar-refractivity contribution in [3.05, 3.63) is 54.4 Å². The van der Waals surface area contributed by atoms with Crippen molar-refractivity contribution in [2.45, 2.75) is 12.5 Å². The summed E-state index contributed by atoms with van der Waals surface area (Å²) in [4.78, 5) is 10.4. The molecule has 4 aromatic rings. The highest BCUT2D eigenvalue weighted by Gasteiger charge is 2.21. The van der Waals surface area contributed by atoms with E-state index in [-0.39, 0.29) is 6.04 Å². The van der Waals surface area contributed by atoms with Gasteiger partial charge in [0.1, 0.15) is 17.4 Å². The first-order chi connectivity index (χ1) is 11.7. The third kappa shape index (κ3) is 2.65. The number of imidazole rings is 1. The topological polar surface area (TPSA) is 62.6 Å². The second-order valence-corrected chi connectivity index (χ2v) is 6.27. The highest BCUT2D eigenvalue weighted by atomic mass is 15.4. The van der Waals surface area contributed by atoms with Crippen LogP contribution >= 0.6 is 0 Å². The summed E-state index contributed by atoms with van der Waals surface area (Å²) in [6.45, 7) is 0.940. The minimum absolute atomic E-state index is 0.0206. The molecule has 0 aliphatic carbocycles. The van der Waals surface area contributed by atoms with Crippen molar-refractivity contribution in [2.24, 2.45) is 0 Å². The highest BCUT2D eigenvalue weighted by Crippen LogP contribution is 2.25. The Morgan fingerprint density at radius 1 is 1.04 bits per heavy atom. The maximum atomic E-state index is 4.79. The van der Waals surface area contributed by atoms with Gasteiger partial charge in [0, 0.05) is 6.54 Å². The predicted molar refractivity (Wildman–Crippen MR) is 94.9 cm³/mol. The number of para-hydroxylation sites is 3. The van der Waals surface area contributed by atoms with E-state index >= 15 is 0 Å². The summed E-state index contributed by atoms with van der Waals surface area (Å²) in [6, 6.07) is 16.2. The normalized spacial score (nSPS) is 13.1. The van der Waals surface area contributed by atoms with Gasteiger partial charge in [-0.1, -0.05) is 29.5 Å². The highest BCUT2D eigenvalue weighted by molar-refractivity contribution is 5.76. The van der Waals surface area contributed by atoms with Crippen molar-refractivity contribution in [2.75, 3.05) is 20.6 Å². The second kappa shape index (κ2) is 6.05. The van der Waals surface area contributed by atoms with Crippen molar-refractivity contribution in [1.29, 1.82) is 0 Å². The minimum atomic E-state index is 0.0206. The Hall–Kier alpha value is -2.73. The average Bonchev–Trinajstić information content (AvgIpc) is 3.19. The predicted octanol–water partition coefficient (Wildman–Crippen LogP) is 2.85. The Labute approximate surface area is 140 Å².